The first-order chi connectivity index (χ1) is 14.4. The van der Waals surface area contributed by atoms with E-state index in [9.17, 15) is 22.4 Å². The fraction of sp³-hybridized carbons (Fsp3) is 0. The van der Waals surface area contributed by atoms with Crippen molar-refractivity contribution in [1.29, 1.82) is 0 Å². The molecule has 32 heavy (non-hydrogen) atoms. The number of nitrogens with two attached hydrogens (primary N) is 5. The molecule has 2 aromatic rings. The van der Waals surface area contributed by atoms with Crippen LogP contribution < -0.4 is 28.8 Å². The fourth-order valence-corrected chi connectivity index (χ4v) is 1.82. The van der Waals surface area contributed by atoms with Crippen molar-refractivity contribution in [3.05, 3.63) is 68.7 Å². The van der Waals surface area contributed by atoms with Crippen molar-refractivity contribution in [2.24, 2.45) is 44.1 Å². The summed E-state index contributed by atoms with van der Waals surface area (Å²) in [5.41, 5.74) is 19.5. The minimum Gasteiger partial charge on any atom is -0.369 e. The van der Waals surface area contributed by atoms with E-state index in [1.54, 1.807) is 0 Å². The molecule has 0 fully saturated rings. The van der Waals surface area contributed by atoms with Gasteiger partial charge in [0.05, 0.1) is 16.3 Å². The van der Waals surface area contributed by atoms with E-state index in [0.717, 1.165) is 30.5 Å². The predicted molar refractivity (Wildman–Crippen MR) is 119 cm³/mol. The standard InChI is InChI=1S/C8H7ClF2N4.C7H3ClF2O.CH6N4.ClH/c9-5-2-7(11)6(10)1-4(5)3-14-15-8(12)13;8-5-2-7(10)6(9)1-4(5)3-11;2-1(3)5-4;/h1-3H,(H4,12,13,15);1-3H;4H2,(H4,2,3,5);1H/b14-3+;;;. The van der Waals surface area contributed by atoms with Gasteiger partial charge in [-0.1, -0.05) is 23.2 Å². The van der Waals surface area contributed by atoms with E-state index in [0.29, 0.717) is 6.29 Å². The van der Waals surface area contributed by atoms with Gasteiger partial charge in [-0.15, -0.1) is 22.6 Å². The lowest BCUT2D eigenvalue weighted by molar-refractivity contribution is 0.112. The van der Waals surface area contributed by atoms with Crippen molar-refractivity contribution < 1.29 is 22.4 Å². The summed E-state index contributed by atoms with van der Waals surface area (Å²) in [6.45, 7) is 0. The van der Waals surface area contributed by atoms with Crippen molar-refractivity contribution in [3.63, 3.8) is 0 Å². The monoisotopic (exact) mass is 518 g/mol. The van der Waals surface area contributed by atoms with Gasteiger partial charge in [-0.25, -0.2) is 17.6 Å². The number of hydrazone groups is 1. The molecule has 0 atom stereocenters. The maximum atomic E-state index is 12.8. The number of nitrogens with zero attached hydrogens (tertiary/aromatic N) is 3. The lowest BCUT2D eigenvalue weighted by Crippen LogP contribution is -2.23. The third-order valence-electron chi connectivity index (χ3n) is 2.73. The summed E-state index contributed by atoms with van der Waals surface area (Å²) in [4.78, 5) is 10.1. The molecule has 2 aromatic carbocycles. The fourth-order valence-electron chi connectivity index (χ4n) is 1.42. The second-order valence-electron chi connectivity index (χ2n) is 5.02. The highest BCUT2D eigenvalue weighted by molar-refractivity contribution is 6.33. The van der Waals surface area contributed by atoms with Crippen molar-refractivity contribution in [2.75, 3.05) is 0 Å². The lowest BCUT2D eigenvalue weighted by atomic mass is 10.2. The molecule has 0 amide bonds. The smallest absolute Gasteiger partial charge is 0.211 e. The molecule has 0 aromatic heterocycles. The van der Waals surface area contributed by atoms with Crippen LogP contribution in [0.25, 0.3) is 0 Å². The Morgan fingerprint density at radius 3 is 1.53 bits per heavy atom. The molecule has 0 aliphatic rings. The summed E-state index contributed by atoms with van der Waals surface area (Å²) in [6, 6.07) is 3.25. The van der Waals surface area contributed by atoms with Crippen LogP contribution in [0.5, 0.6) is 0 Å². The topological polar surface area (TPSA) is 184 Å². The zero-order valence-electron chi connectivity index (χ0n) is 15.8. The van der Waals surface area contributed by atoms with Crippen LogP contribution in [-0.2, 0) is 0 Å². The van der Waals surface area contributed by atoms with Crippen molar-refractivity contribution >= 4 is 60.0 Å². The van der Waals surface area contributed by atoms with E-state index in [1.165, 1.54) is 0 Å². The lowest BCUT2D eigenvalue weighted by Gasteiger charge is -1.98. The molecular formula is C16H17Cl3F4N8O. The number of rotatable bonds is 3. The average Bonchev–Trinajstić information content (AvgIpc) is 2.69. The summed E-state index contributed by atoms with van der Waals surface area (Å²) in [5, 5.41) is 9.49. The first-order valence-electron chi connectivity index (χ1n) is 7.57. The molecule has 0 bridgehead atoms. The molecule has 0 saturated carbocycles. The first kappa shape index (κ1) is 30.9. The van der Waals surface area contributed by atoms with Crippen LogP contribution in [0.1, 0.15) is 15.9 Å². The maximum absolute atomic E-state index is 12.8. The maximum Gasteiger partial charge on any atom is 0.211 e. The van der Waals surface area contributed by atoms with E-state index >= 15 is 0 Å². The number of carbonyl (C=O) groups is 1. The Kier molecular flexibility index (Phi) is 15.0. The Balaban J connectivity index is 0. The molecule has 0 unspecified atom stereocenters. The minimum absolute atomic E-state index is 0. The summed E-state index contributed by atoms with van der Waals surface area (Å²) in [7, 11) is 0. The van der Waals surface area contributed by atoms with E-state index in [2.05, 4.69) is 21.1 Å². The Morgan fingerprint density at radius 1 is 0.781 bits per heavy atom. The van der Waals surface area contributed by atoms with Crippen LogP contribution in [0.4, 0.5) is 17.6 Å². The van der Waals surface area contributed by atoms with Crippen molar-refractivity contribution in [3.8, 4) is 0 Å². The highest BCUT2D eigenvalue weighted by Gasteiger charge is 2.07. The summed E-state index contributed by atoms with van der Waals surface area (Å²) < 4.78 is 50.1. The highest BCUT2D eigenvalue weighted by Crippen LogP contribution is 2.19. The SMILES string of the molecule is Cl.NC(N)=N/N=C/c1cc(F)c(F)cc1Cl.NN=C(N)N.O=Cc1cc(F)c(F)cc1Cl. The highest BCUT2D eigenvalue weighted by atomic mass is 35.5. The Bertz CT molecular complexity index is 998. The van der Waals surface area contributed by atoms with Crippen LogP contribution in [0.3, 0.4) is 0 Å². The zero-order valence-corrected chi connectivity index (χ0v) is 18.1. The van der Waals surface area contributed by atoms with Crippen LogP contribution >= 0.6 is 35.6 Å². The number of benzene rings is 2. The molecule has 9 nitrogen and oxygen atoms in total. The van der Waals surface area contributed by atoms with Crippen LogP contribution in [0, 0.1) is 23.3 Å². The largest absolute Gasteiger partial charge is 0.369 e. The van der Waals surface area contributed by atoms with Gasteiger partial charge in [0.25, 0.3) is 0 Å². The molecule has 2 rings (SSSR count). The molecule has 0 saturated heterocycles. The van der Waals surface area contributed by atoms with Gasteiger partial charge in [-0.05, 0) is 24.3 Å². The van der Waals surface area contributed by atoms with Gasteiger partial charge in [0, 0.05) is 11.1 Å². The van der Waals surface area contributed by atoms with E-state index < -0.39 is 23.3 Å². The predicted octanol–water partition coefficient (Wildman–Crippen LogP) is 2.21. The van der Waals surface area contributed by atoms with Gasteiger partial charge in [0.1, 0.15) is 0 Å². The normalized spacial score (nSPS) is 9.31. The van der Waals surface area contributed by atoms with Crippen LogP contribution in [0.15, 0.2) is 39.6 Å². The second kappa shape index (κ2) is 15.5. The molecular weight excluding hydrogens is 503 g/mol. The van der Waals surface area contributed by atoms with E-state index in [1.807, 2.05) is 0 Å². The number of hydrogen-bond donors (Lipinski definition) is 5. The molecule has 10 N–H and O–H groups in total. The Hall–Kier alpha value is -3.29. The summed E-state index contributed by atoms with van der Waals surface area (Å²) >= 11 is 11.0. The number of hydrogen-bond acceptors (Lipinski definition) is 5. The van der Waals surface area contributed by atoms with Crippen LogP contribution in [-0.4, -0.2) is 24.4 Å². The van der Waals surface area contributed by atoms with Crippen molar-refractivity contribution in [2.45, 2.75) is 0 Å². The third kappa shape index (κ3) is 11.8. The van der Waals surface area contributed by atoms with Gasteiger partial charge in [0.2, 0.25) is 11.9 Å². The van der Waals surface area contributed by atoms with Gasteiger partial charge in [0.15, 0.2) is 29.6 Å². The molecule has 0 aliphatic carbocycles. The number of halogens is 7. The van der Waals surface area contributed by atoms with E-state index in [-0.39, 0.29) is 45.5 Å². The zero-order chi connectivity index (χ0) is 24.1. The first-order valence-corrected chi connectivity index (χ1v) is 8.33. The number of aldehydes is 1. The number of carbonyl (C=O) groups excluding carboxylic acids is 1. The molecule has 0 radical (unpaired) electrons. The summed E-state index contributed by atoms with van der Waals surface area (Å²) in [5.74, 6) is -0.00778. The Labute approximate surface area is 195 Å². The van der Waals surface area contributed by atoms with E-state index in [4.69, 9.17) is 46.1 Å². The van der Waals surface area contributed by atoms with Gasteiger partial charge >= 0.3 is 0 Å². The molecule has 0 aliphatic heterocycles. The molecule has 176 valence electrons. The number of guanidine groups is 2. The quantitative estimate of drug-likeness (QED) is 0.0787. The van der Waals surface area contributed by atoms with Gasteiger partial charge in [-0.2, -0.15) is 5.10 Å². The average molecular weight is 520 g/mol. The molecule has 0 heterocycles. The molecule has 0 spiro atoms. The van der Waals surface area contributed by atoms with Crippen LogP contribution in [0.2, 0.25) is 10.0 Å². The van der Waals surface area contributed by atoms with Gasteiger partial charge in [-0.3, -0.25) is 4.79 Å². The Morgan fingerprint density at radius 2 is 1.16 bits per heavy atom. The summed E-state index contributed by atoms with van der Waals surface area (Å²) in [6.07, 6.45) is 1.48. The third-order valence-corrected chi connectivity index (χ3v) is 3.38. The second-order valence-corrected chi connectivity index (χ2v) is 5.83. The van der Waals surface area contributed by atoms with Gasteiger partial charge < -0.3 is 28.8 Å². The minimum atomic E-state index is -1.07. The molecule has 16 heteroatoms. The van der Waals surface area contributed by atoms with Crippen molar-refractivity contribution in [1.82, 2.24) is 0 Å².